The summed E-state index contributed by atoms with van der Waals surface area (Å²) in [5.74, 6) is -0.324. The van der Waals surface area contributed by atoms with Gasteiger partial charge in [-0.2, -0.15) is 0 Å². The van der Waals surface area contributed by atoms with E-state index < -0.39 is 13.6 Å². The van der Waals surface area contributed by atoms with E-state index >= 15 is 0 Å². The Morgan fingerprint density at radius 1 is 1.33 bits per heavy atom. The van der Waals surface area contributed by atoms with E-state index in [-0.39, 0.29) is 5.78 Å². The van der Waals surface area contributed by atoms with Gasteiger partial charge in [-0.15, -0.1) is 0 Å². The molecule has 0 aromatic carbocycles. The van der Waals surface area contributed by atoms with Crippen LogP contribution in [0.3, 0.4) is 0 Å². The van der Waals surface area contributed by atoms with Crippen LogP contribution in [0.15, 0.2) is 0 Å². The number of carbonyl (C=O) groups is 1. The zero-order chi connectivity index (χ0) is 7.70. The molecule has 0 spiro atoms. The van der Waals surface area contributed by atoms with Crippen LogP contribution >= 0.6 is 0 Å². The minimum absolute atomic E-state index is 0.316. The summed E-state index contributed by atoms with van der Waals surface area (Å²) in [7, 11) is 0. The molecule has 0 rings (SSSR count). The number of ketones is 1. The van der Waals surface area contributed by atoms with Crippen molar-refractivity contribution < 1.29 is 18.0 Å². The summed E-state index contributed by atoms with van der Waals surface area (Å²) in [4.78, 5) is 9.81. The van der Waals surface area contributed by atoms with E-state index in [0.29, 0.717) is 6.42 Å². The van der Waals surface area contributed by atoms with Crippen molar-refractivity contribution in [3.63, 3.8) is 0 Å². The van der Waals surface area contributed by atoms with Crippen molar-refractivity contribution in [1.82, 2.24) is 0 Å². The maximum Gasteiger partial charge on any atom is 0.229 e. The molecule has 0 aliphatic heterocycles. The van der Waals surface area contributed by atoms with Gasteiger partial charge in [0.15, 0.2) is 5.78 Å². The molecule has 0 radical (unpaired) electrons. The molecule has 0 N–H and O–H groups in total. The molecular weight excluding hydrogens is 133 g/mol. The Bertz CT molecular complexity index is 59.2. The molecule has 0 heterocycles. The lowest BCUT2D eigenvalue weighted by Crippen LogP contribution is -1.94. The largest absolute Gasteiger partial charge is 0.297 e. The third-order valence-electron chi connectivity index (χ3n) is 0.543. The number of alkyl halides is 3. The highest BCUT2D eigenvalue weighted by Crippen LogP contribution is 1.78. The third kappa shape index (κ3) is 18.6. The van der Waals surface area contributed by atoms with E-state index in [1.807, 2.05) is 0 Å². The van der Waals surface area contributed by atoms with Crippen LogP contribution in [0.5, 0.6) is 0 Å². The van der Waals surface area contributed by atoms with Gasteiger partial charge < -0.3 is 0 Å². The molecule has 0 aliphatic carbocycles. The van der Waals surface area contributed by atoms with Gasteiger partial charge in [0, 0.05) is 6.42 Å². The summed E-state index contributed by atoms with van der Waals surface area (Å²) in [6, 6.07) is 0. The van der Waals surface area contributed by atoms with Crippen LogP contribution in [-0.4, -0.2) is 19.4 Å². The molecule has 0 aromatic heterocycles. The zero-order valence-electron chi connectivity index (χ0n) is 5.16. The first kappa shape index (κ1) is 11.3. The number of rotatable bonds is 2. The molecular formula is C5H9F3O. The molecule has 0 aromatic rings. The monoisotopic (exact) mass is 142 g/mol. The van der Waals surface area contributed by atoms with Crippen molar-refractivity contribution in [1.29, 1.82) is 0 Å². The van der Waals surface area contributed by atoms with Gasteiger partial charge in [-0.3, -0.25) is 4.79 Å². The van der Waals surface area contributed by atoms with Crippen molar-refractivity contribution in [3.8, 4) is 0 Å². The normalized spacial score (nSPS) is 7.56. The standard InChI is InChI=1S/C4H7FO.CH2F2/c1-2-4(6)3-5;2-1-3/h2-3H2,1H3;1H2. The fraction of sp³-hybridized carbons (Fsp3) is 0.800. The number of Topliss-reactive ketones (excluding diaryl/α,β-unsaturated/α-hetero) is 1. The van der Waals surface area contributed by atoms with Crippen LogP contribution in [0, 0.1) is 0 Å². The van der Waals surface area contributed by atoms with E-state index in [0.717, 1.165) is 0 Å². The third-order valence-corrected chi connectivity index (χ3v) is 0.543. The quantitative estimate of drug-likeness (QED) is 0.574. The van der Waals surface area contributed by atoms with Crippen molar-refractivity contribution in [3.05, 3.63) is 0 Å². The number of hydrogen-bond acceptors (Lipinski definition) is 1. The average Bonchev–Trinajstić information content (AvgIpc) is 1.88. The fourth-order valence-corrected chi connectivity index (χ4v) is 0.0945. The molecule has 0 atom stereocenters. The summed E-state index contributed by atoms with van der Waals surface area (Å²) in [6.45, 7) is -0.918. The molecule has 56 valence electrons. The lowest BCUT2D eigenvalue weighted by atomic mass is 10.3. The second-order valence-electron chi connectivity index (χ2n) is 1.13. The predicted molar refractivity (Wildman–Crippen MR) is 28.4 cm³/mol. The van der Waals surface area contributed by atoms with Gasteiger partial charge in [0.1, 0.15) is 6.67 Å². The smallest absolute Gasteiger partial charge is 0.229 e. The molecule has 0 saturated carbocycles. The van der Waals surface area contributed by atoms with Gasteiger partial charge in [-0.25, -0.2) is 13.2 Å². The molecule has 0 fully saturated rings. The Morgan fingerprint density at radius 2 is 1.67 bits per heavy atom. The van der Waals surface area contributed by atoms with Crippen LogP contribution in [-0.2, 0) is 4.79 Å². The van der Waals surface area contributed by atoms with Gasteiger partial charge >= 0.3 is 0 Å². The van der Waals surface area contributed by atoms with Gasteiger partial charge in [0.05, 0.1) is 0 Å². The van der Waals surface area contributed by atoms with Crippen LogP contribution in [0.4, 0.5) is 13.2 Å². The summed E-state index contributed by atoms with van der Waals surface area (Å²) in [6.07, 6.45) is 0.316. The molecule has 9 heavy (non-hydrogen) atoms. The Labute approximate surface area is 51.9 Å². The highest BCUT2D eigenvalue weighted by Gasteiger charge is 1.90. The fourth-order valence-electron chi connectivity index (χ4n) is 0.0945. The van der Waals surface area contributed by atoms with Crippen LogP contribution in [0.2, 0.25) is 0 Å². The second kappa shape index (κ2) is 10.4. The van der Waals surface area contributed by atoms with Crippen LogP contribution in [0.25, 0.3) is 0 Å². The lowest BCUT2D eigenvalue weighted by molar-refractivity contribution is -0.119. The van der Waals surface area contributed by atoms with Crippen molar-refractivity contribution >= 4 is 5.78 Å². The first-order valence-electron chi connectivity index (χ1n) is 2.42. The van der Waals surface area contributed by atoms with E-state index in [2.05, 4.69) is 0 Å². The molecule has 1 nitrogen and oxygen atoms in total. The van der Waals surface area contributed by atoms with Crippen molar-refractivity contribution in [2.45, 2.75) is 13.3 Å². The van der Waals surface area contributed by atoms with Gasteiger partial charge in [0.25, 0.3) is 0 Å². The second-order valence-corrected chi connectivity index (χ2v) is 1.13. The molecule has 0 aliphatic rings. The van der Waals surface area contributed by atoms with E-state index in [1.54, 1.807) is 6.92 Å². The minimum atomic E-state index is -1.75. The molecule has 0 unspecified atom stereocenters. The number of halogens is 3. The van der Waals surface area contributed by atoms with Gasteiger partial charge in [-0.05, 0) is 0 Å². The number of hydrogen-bond donors (Lipinski definition) is 0. The zero-order valence-corrected chi connectivity index (χ0v) is 5.16. The Balaban J connectivity index is 0. The Kier molecular flexibility index (Phi) is 13.1. The minimum Gasteiger partial charge on any atom is -0.297 e. The van der Waals surface area contributed by atoms with Gasteiger partial charge in [-0.1, -0.05) is 6.92 Å². The van der Waals surface area contributed by atoms with E-state index in [4.69, 9.17) is 0 Å². The van der Waals surface area contributed by atoms with E-state index in [9.17, 15) is 18.0 Å². The maximum atomic E-state index is 11.0. The van der Waals surface area contributed by atoms with Crippen molar-refractivity contribution in [2.24, 2.45) is 0 Å². The van der Waals surface area contributed by atoms with Crippen molar-refractivity contribution in [2.75, 3.05) is 13.6 Å². The first-order valence-corrected chi connectivity index (χ1v) is 2.42. The summed E-state index contributed by atoms with van der Waals surface area (Å²) >= 11 is 0. The first-order chi connectivity index (χ1) is 4.22. The average molecular weight is 142 g/mol. The van der Waals surface area contributed by atoms with E-state index in [1.165, 1.54) is 0 Å². The highest BCUT2D eigenvalue weighted by atomic mass is 19.3. The SMILES string of the molecule is CCC(=O)CF.FCF. The van der Waals surface area contributed by atoms with Gasteiger partial charge in [0.2, 0.25) is 6.93 Å². The van der Waals surface area contributed by atoms with Crippen LogP contribution in [0.1, 0.15) is 13.3 Å². The summed E-state index contributed by atoms with van der Waals surface area (Å²) < 4.78 is 30.3. The number of carbonyl (C=O) groups excluding carboxylic acids is 1. The molecule has 0 saturated heterocycles. The predicted octanol–water partition coefficient (Wildman–Crippen LogP) is 1.82. The lowest BCUT2D eigenvalue weighted by Gasteiger charge is -1.78. The maximum absolute atomic E-state index is 11.0. The Morgan fingerprint density at radius 3 is 1.67 bits per heavy atom. The summed E-state index contributed by atoms with van der Waals surface area (Å²) in [5, 5.41) is 0. The highest BCUT2D eigenvalue weighted by molar-refractivity contribution is 5.79. The molecule has 0 amide bonds. The molecule has 4 heteroatoms. The summed E-state index contributed by atoms with van der Waals surface area (Å²) in [5.41, 5.74) is 0. The topological polar surface area (TPSA) is 17.1 Å². The van der Waals surface area contributed by atoms with Crippen LogP contribution < -0.4 is 0 Å². The molecule has 0 bridgehead atoms. The Hall–Kier alpha value is -0.540.